The monoisotopic (exact) mass is 605 g/mol. The number of hydrogen-bond acceptors (Lipinski definition) is 7. The predicted molar refractivity (Wildman–Crippen MR) is 163 cm³/mol. The van der Waals surface area contributed by atoms with Crippen molar-refractivity contribution in [2.45, 2.75) is 45.1 Å². The Morgan fingerprint density at radius 3 is 2.38 bits per heavy atom. The number of ether oxygens (including phenoxy) is 1. The molecule has 1 fully saturated rings. The van der Waals surface area contributed by atoms with E-state index >= 15 is 0 Å². The first-order chi connectivity index (χ1) is 20.1. The second-order valence-electron chi connectivity index (χ2n) is 11.2. The van der Waals surface area contributed by atoms with E-state index in [4.69, 9.17) is 27.9 Å². The Labute approximate surface area is 251 Å². The molecule has 6 rings (SSSR count). The summed E-state index contributed by atoms with van der Waals surface area (Å²) in [6.07, 6.45) is 6.28. The number of carbonyl (C=O) groups excluding carboxylic acids is 1. The zero-order valence-electron chi connectivity index (χ0n) is 23.3. The Morgan fingerprint density at radius 2 is 1.71 bits per heavy atom. The van der Waals surface area contributed by atoms with Gasteiger partial charge in [-0.1, -0.05) is 41.4 Å². The zero-order chi connectivity index (χ0) is 29.6. The van der Waals surface area contributed by atoms with E-state index in [1.165, 1.54) is 16.3 Å². The van der Waals surface area contributed by atoms with E-state index in [0.717, 1.165) is 18.5 Å². The normalized spacial score (nSPS) is 14.5. The quantitative estimate of drug-likeness (QED) is 0.246. The fourth-order valence-electron chi connectivity index (χ4n) is 5.20. The molecule has 1 amide bonds. The van der Waals surface area contributed by atoms with Crippen LogP contribution in [-0.2, 0) is 4.74 Å². The lowest BCUT2D eigenvalue weighted by atomic mass is 9.89. The van der Waals surface area contributed by atoms with Crippen molar-refractivity contribution in [3.05, 3.63) is 87.0 Å². The third kappa shape index (κ3) is 5.39. The molecular weight excluding hydrogens is 577 g/mol. The molecule has 4 heterocycles. The van der Waals surface area contributed by atoms with Gasteiger partial charge in [0.05, 0.1) is 15.7 Å². The Kier molecular flexibility index (Phi) is 7.28. The molecule has 3 aromatic heterocycles. The maximum absolute atomic E-state index is 13.6. The van der Waals surface area contributed by atoms with Crippen LogP contribution in [-0.4, -0.2) is 53.6 Å². The van der Waals surface area contributed by atoms with E-state index in [1.54, 1.807) is 39.9 Å². The predicted octanol–water partition coefficient (Wildman–Crippen LogP) is 6.59. The number of anilines is 2. The van der Waals surface area contributed by atoms with E-state index in [9.17, 15) is 9.59 Å². The van der Waals surface area contributed by atoms with Gasteiger partial charge in [-0.3, -0.25) is 9.20 Å². The van der Waals surface area contributed by atoms with Crippen LogP contribution in [0.15, 0.2) is 65.8 Å². The van der Waals surface area contributed by atoms with Gasteiger partial charge < -0.3 is 15.0 Å². The topological polar surface area (TPSA) is 107 Å². The van der Waals surface area contributed by atoms with Crippen LogP contribution in [0.1, 0.15) is 45.1 Å². The number of halogens is 2. The van der Waals surface area contributed by atoms with Crippen LogP contribution in [0.2, 0.25) is 10.0 Å². The molecule has 1 aliphatic heterocycles. The minimum absolute atomic E-state index is 0.254. The summed E-state index contributed by atoms with van der Waals surface area (Å²) in [5.74, 6) is 1.02. The molecule has 2 aromatic carbocycles. The molecule has 5 aromatic rings. The molecule has 0 spiro atoms. The van der Waals surface area contributed by atoms with Crippen molar-refractivity contribution < 1.29 is 9.53 Å². The minimum Gasteiger partial charge on any atom is -0.444 e. The first-order valence-corrected chi connectivity index (χ1v) is 14.4. The van der Waals surface area contributed by atoms with Gasteiger partial charge in [0, 0.05) is 37.4 Å². The van der Waals surface area contributed by atoms with Crippen molar-refractivity contribution in [2.75, 3.05) is 18.4 Å². The van der Waals surface area contributed by atoms with E-state index < -0.39 is 5.60 Å². The first kappa shape index (κ1) is 28.0. The number of fused-ring (bicyclic) bond motifs is 3. The third-order valence-electron chi connectivity index (χ3n) is 7.20. The van der Waals surface area contributed by atoms with Gasteiger partial charge in [0.25, 0.3) is 5.56 Å². The number of rotatable bonds is 4. The van der Waals surface area contributed by atoms with Crippen molar-refractivity contribution in [1.82, 2.24) is 28.8 Å². The molecule has 216 valence electrons. The lowest BCUT2D eigenvalue weighted by molar-refractivity contribution is 0.0205. The van der Waals surface area contributed by atoms with Crippen LogP contribution in [0.25, 0.3) is 22.5 Å². The second-order valence-corrected chi connectivity index (χ2v) is 12.0. The van der Waals surface area contributed by atoms with Crippen LogP contribution in [0, 0.1) is 0 Å². The lowest BCUT2D eigenvalue weighted by Crippen LogP contribution is -2.41. The smallest absolute Gasteiger partial charge is 0.410 e. The summed E-state index contributed by atoms with van der Waals surface area (Å²) >= 11 is 12.9. The Bertz CT molecular complexity index is 1830. The third-order valence-corrected chi connectivity index (χ3v) is 7.81. The standard InChI is InChI=1S/C30H29Cl2N7O3/c1-30(2,3)42-29(41)37-14-11-19(12-15-37)18-7-9-20(10-8-18)35-27-34-17-21-25(36-27)38-16-13-33-28(38)39(26(21)40)24-22(31)5-4-6-23(24)32/h4-10,13,16-17,19H,11-12,14-15H2,1-3H3,(H,34,35,36). The number of para-hydroxylation sites is 1. The van der Waals surface area contributed by atoms with Crippen molar-refractivity contribution in [1.29, 1.82) is 0 Å². The van der Waals surface area contributed by atoms with Crippen LogP contribution in [0.5, 0.6) is 0 Å². The van der Waals surface area contributed by atoms with Gasteiger partial charge >= 0.3 is 6.09 Å². The highest BCUT2D eigenvalue weighted by Crippen LogP contribution is 2.31. The van der Waals surface area contributed by atoms with E-state index in [0.29, 0.717) is 52.1 Å². The van der Waals surface area contributed by atoms with Crippen molar-refractivity contribution >= 4 is 57.7 Å². The number of hydrogen-bond donors (Lipinski definition) is 1. The van der Waals surface area contributed by atoms with Gasteiger partial charge in [0.1, 0.15) is 11.0 Å². The van der Waals surface area contributed by atoms with Crippen molar-refractivity contribution in [2.24, 2.45) is 0 Å². The molecule has 12 heteroatoms. The molecule has 42 heavy (non-hydrogen) atoms. The molecule has 0 aliphatic carbocycles. The average Bonchev–Trinajstić information content (AvgIpc) is 3.44. The average molecular weight is 607 g/mol. The van der Waals surface area contributed by atoms with Gasteiger partial charge in [0.15, 0.2) is 5.65 Å². The maximum Gasteiger partial charge on any atom is 0.410 e. The molecule has 0 unspecified atom stereocenters. The first-order valence-electron chi connectivity index (χ1n) is 13.6. The summed E-state index contributed by atoms with van der Waals surface area (Å²) in [6, 6.07) is 13.2. The molecule has 0 bridgehead atoms. The number of benzene rings is 2. The van der Waals surface area contributed by atoms with Gasteiger partial charge in [-0.2, -0.15) is 4.98 Å². The molecular formula is C30H29Cl2N7O3. The van der Waals surface area contributed by atoms with E-state index in [2.05, 4.69) is 32.4 Å². The summed E-state index contributed by atoms with van der Waals surface area (Å²) in [5.41, 5.74) is 1.89. The number of piperidine rings is 1. The highest BCUT2D eigenvalue weighted by atomic mass is 35.5. The van der Waals surface area contributed by atoms with Crippen molar-refractivity contribution in [3.63, 3.8) is 0 Å². The Morgan fingerprint density at radius 1 is 1.02 bits per heavy atom. The maximum atomic E-state index is 13.6. The van der Waals surface area contributed by atoms with Crippen LogP contribution in [0.3, 0.4) is 0 Å². The number of nitrogens with one attached hydrogen (secondary N) is 1. The van der Waals surface area contributed by atoms with Gasteiger partial charge in [-0.15, -0.1) is 0 Å². The second kappa shape index (κ2) is 10.9. The van der Waals surface area contributed by atoms with Crippen LogP contribution in [0.4, 0.5) is 16.4 Å². The van der Waals surface area contributed by atoms with E-state index in [1.807, 2.05) is 32.9 Å². The molecule has 1 aliphatic rings. The zero-order valence-corrected chi connectivity index (χ0v) is 24.9. The molecule has 0 atom stereocenters. The lowest BCUT2D eigenvalue weighted by Gasteiger charge is -2.33. The number of imidazole rings is 1. The molecule has 1 N–H and O–H groups in total. The summed E-state index contributed by atoms with van der Waals surface area (Å²) in [4.78, 5) is 41.2. The summed E-state index contributed by atoms with van der Waals surface area (Å²) in [7, 11) is 0. The number of likely N-dealkylation sites (tertiary alicyclic amines) is 1. The Balaban J connectivity index is 1.22. The van der Waals surface area contributed by atoms with E-state index in [-0.39, 0.29) is 17.0 Å². The fourth-order valence-corrected chi connectivity index (χ4v) is 5.77. The summed E-state index contributed by atoms with van der Waals surface area (Å²) in [6.45, 7) is 6.96. The molecule has 10 nitrogen and oxygen atoms in total. The summed E-state index contributed by atoms with van der Waals surface area (Å²) in [5, 5.41) is 4.17. The number of carbonyl (C=O) groups is 1. The molecule has 1 saturated heterocycles. The number of nitrogens with zero attached hydrogens (tertiary/aromatic N) is 6. The van der Waals surface area contributed by atoms with Gasteiger partial charge in [-0.05, 0) is 69.4 Å². The highest BCUT2D eigenvalue weighted by Gasteiger charge is 2.27. The molecule has 0 radical (unpaired) electrons. The SMILES string of the molecule is CC(C)(C)OC(=O)N1CCC(c2ccc(Nc3ncc4c(=O)n(-c5c(Cl)cccc5Cl)c5nccn5c4n3)cc2)CC1. The Hall–Kier alpha value is -4.15. The van der Waals surface area contributed by atoms with Crippen LogP contribution >= 0.6 is 23.2 Å². The minimum atomic E-state index is -0.500. The van der Waals surface area contributed by atoms with Gasteiger partial charge in [0.2, 0.25) is 11.7 Å². The van der Waals surface area contributed by atoms with Crippen molar-refractivity contribution in [3.8, 4) is 5.69 Å². The molecule has 0 saturated carbocycles. The fraction of sp³-hybridized carbons (Fsp3) is 0.300. The number of amides is 1. The van der Waals surface area contributed by atoms with Gasteiger partial charge in [-0.25, -0.2) is 19.3 Å². The number of aromatic nitrogens is 5. The van der Waals surface area contributed by atoms with Crippen LogP contribution < -0.4 is 10.9 Å². The summed E-state index contributed by atoms with van der Waals surface area (Å²) < 4.78 is 8.59. The highest BCUT2D eigenvalue weighted by molar-refractivity contribution is 6.37. The largest absolute Gasteiger partial charge is 0.444 e.